The first-order valence-electron chi connectivity index (χ1n) is 16.1. The first-order valence-corrected chi connectivity index (χ1v) is 19.9. The van der Waals surface area contributed by atoms with Gasteiger partial charge in [-0.15, -0.1) is 0 Å². The number of hydrazine groups is 2. The second-order valence-corrected chi connectivity index (χ2v) is 16.5. The Morgan fingerprint density at radius 2 is 1.15 bits per heavy atom. The highest BCUT2D eigenvalue weighted by Crippen LogP contribution is 2.42. The average Bonchev–Trinajstić information content (AvgIpc) is 3.64. The van der Waals surface area contributed by atoms with E-state index in [1.54, 1.807) is 45.9 Å². The summed E-state index contributed by atoms with van der Waals surface area (Å²) in [7, 11) is -7.99. The SMILES string of the molecule is Cc1noc(NS(=O)(=O)c2ccc(NNc3cc(NNc4ccc(S(=O)(=O)Nc5onc(C)c5C)cc4)c4c(NC(=O)C(Cl)Cl)cccc4c3O)cc2)c1C. The van der Waals surface area contributed by atoms with Gasteiger partial charge in [0.25, 0.3) is 26.0 Å². The van der Waals surface area contributed by atoms with Crippen LogP contribution in [0.2, 0.25) is 0 Å². The number of aryl methyl sites for hydroxylation is 2. The van der Waals surface area contributed by atoms with Gasteiger partial charge in [0.15, 0.2) is 4.84 Å². The molecule has 0 aliphatic heterocycles. The number of amides is 1. The molecule has 288 valence electrons. The number of carbonyl (C=O) groups excluding carboxylic acids is 1. The number of sulfonamides is 2. The first-order chi connectivity index (χ1) is 26.0. The molecule has 0 saturated carbocycles. The average molecular weight is 831 g/mol. The van der Waals surface area contributed by atoms with Crippen molar-refractivity contribution >= 4 is 100 Å². The van der Waals surface area contributed by atoms with Crippen molar-refractivity contribution in [3.63, 3.8) is 0 Å². The summed E-state index contributed by atoms with van der Waals surface area (Å²) in [6, 6.07) is 17.9. The van der Waals surface area contributed by atoms with Crippen LogP contribution in [0.3, 0.4) is 0 Å². The van der Waals surface area contributed by atoms with Crippen molar-refractivity contribution in [1.82, 2.24) is 10.3 Å². The second-order valence-electron chi connectivity index (χ2n) is 12.0. The van der Waals surface area contributed by atoms with Gasteiger partial charge in [-0.05, 0) is 88.4 Å². The number of alkyl halides is 2. The Labute approximate surface area is 324 Å². The van der Waals surface area contributed by atoms with Gasteiger partial charge in [-0.3, -0.25) is 10.2 Å². The molecule has 6 aromatic rings. The largest absolute Gasteiger partial charge is 0.505 e. The third kappa shape index (κ3) is 8.44. The highest BCUT2D eigenvalue weighted by Gasteiger charge is 2.22. The van der Waals surface area contributed by atoms with E-state index in [-0.39, 0.29) is 38.7 Å². The third-order valence-corrected chi connectivity index (χ3v) is 11.5. The summed E-state index contributed by atoms with van der Waals surface area (Å²) >= 11 is 11.6. The molecule has 0 atom stereocenters. The number of carbonyl (C=O) groups is 1. The number of benzene rings is 4. The number of phenolic OH excluding ortho intramolecular Hbond substituents is 1. The van der Waals surface area contributed by atoms with E-state index < -0.39 is 30.8 Å². The van der Waals surface area contributed by atoms with Gasteiger partial charge < -0.3 is 35.7 Å². The molecule has 0 unspecified atom stereocenters. The summed E-state index contributed by atoms with van der Waals surface area (Å²) in [5.41, 5.74) is 15.8. The van der Waals surface area contributed by atoms with E-state index in [2.05, 4.69) is 46.8 Å². The number of halogens is 2. The molecule has 2 heterocycles. The molecule has 21 heteroatoms. The lowest BCUT2D eigenvalue weighted by atomic mass is 10.0. The van der Waals surface area contributed by atoms with Crippen molar-refractivity contribution in [1.29, 1.82) is 0 Å². The highest BCUT2D eigenvalue weighted by molar-refractivity contribution is 7.93. The Morgan fingerprint density at radius 1 is 0.673 bits per heavy atom. The van der Waals surface area contributed by atoms with Crippen molar-refractivity contribution in [3.8, 4) is 5.75 Å². The van der Waals surface area contributed by atoms with Crippen molar-refractivity contribution in [2.45, 2.75) is 42.3 Å². The molecule has 0 fully saturated rings. The number of aromatic nitrogens is 2. The van der Waals surface area contributed by atoms with Crippen LogP contribution in [0.4, 0.5) is 40.2 Å². The zero-order valence-corrected chi connectivity index (χ0v) is 32.4. The van der Waals surface area contributed by atoms with E-state index in [0.717, 1.165) is 0 Å². The molecule has 0 aliphatic rings. The fraction of sp³-hybridized carbons (Fsp3) is 0.147. The predicted molar refractivity (Wildman–Crippen MR) is 211 cm³/mol. The molecule has 4 aromatic carbocycles. The molecule has 0 radical (unpaired) electrons. The lowest BCUT2D eigenvalue weighted by Gasteiger charge is -2.20. The van der Waals surface area contributed by atoms with Crippen LogP contribution in [0.25, 0.3) is 10.8 Å². The molecule has 55 heavy (non-hydrogen) atoms. The van der Waals surface area contributed by atoms with Gasteiger partial charge in [0, 0.05) is 21.9 Å². The van der Waals surface area contributed by atoms with Crippen LogP contribution in [0.15, 0.2) is 91.6 Å². The smallest absolute Gasteiger partial charge is 0.264 e. The lowest BCUT2D eigenvalue weighted by Crippen LogP contribution is -2.19. The van der Waals surface area contributed by atoms with E-state index >= 15 is 0 Å². The molecule has 17 nitrogen and oxygen atoms in total. The van der Waals surface area contributed by atoms with E-state index in [0.29, 0.717) is 50.3 Å². The summed E-state index contributed by atoms with van der Waals surface area (Å²) in [5, 5.41) is 22.2. The quantitative estimate of drug-likeness (QED) is 0.0239. The van der Waals surface area contributed by atoms with Gasteiger partial charge in [0.1, 0.15) is 5.75 Å². The monoisotopic (exact) mass is 829 g/mol. The van der Waals surface area contributed by atoms with Crippen molar-refractivity contribution in [2.24, 2.45) is 0 Å². The highest BCUT2D eigenvalue weighted by atomic mass is 35.5. The van der Waals surface area contributed by atoms with Gasteiger partial charge in [0.05, 0.1) is 49.6 Å². The van der Waals surface area contributed by atoms with Crippen molar-refractivity contribution < 1.29 is 35.8 Å². The van der Waals surface area contributed by atoms with Crippen LogP contribution < -0.4 is 36.5 Å². The number of phenols is 1. The first kappa shape index (κ1) is 38.8. The maximum absolute atomic E-state index is 13.0. The molecule has 1 amide bonds. The molecule has 0 saturated heterocycles. The number of fused-ring (bicyclic) bond motifs is 1. The summed E-state index contributed by atoms with van der Waals surface area (Å²) < 4.78 is 66.8. The molecule has 0 spiro atoms. The lowest BCUT2D eigenvalue weighted by molar-refractivity contribution is -0.114. The van der Waals surface area contributed by atoms with Gasteiger partial charge in [-0.2, -0.15) is 0 Å². The molecule has 0 bridgehead atoms. The third-order valence-electron chi connectivity index (χ3n) is 8.37. The predicted octanol–water partition coefficient (Wildman–Crippen LogP) is 6.98. The van der Waals surface area contributed by atoms with E-state index in [1.165, 1.54) is 54.6 Å². The van der Waals surface area contributed by atoms with E-state index in [4.69, 9.17) is 32.2 Å². The van der Waals surface area contributed by atoms with Gasteiger partial charge >= 0.3 is 0 Å². The standard InChI is InChI=1S/C34H33Cl2N9O8S2/c1-17-19(3)42-52-33(17)44-54(48,49)23-12-8-21(9-13-23)38-40-27-16-28(30(46)25-6-5-7-26(29(25)27)37-32(47)31(35)36)41-39-22-10-14-24(15-11-22)55(50,51)45-34-18(2)20(4)43-53-34/h5-16,31,38-41,44-46H,1-4H3,(H,37,47). The second kappa shape index (κ2) is 15.5. The van der Waals surface area contributed by atoms with Crippen LogP contribution in [-0.4, -0.2) is 43.0 Å². The maximum atomic E-state index is 13.0. The molecule has 8 N–H and O–H groups in total. The van der Waals surface area contributed by atoms with Crippen molar-refractivity contribution in [2.75, 3.05) is 36.5 Å². The Bertz CT molecular complexity index is 2620. The van der Waals surface area contributed by atoms with E-state index in [1.807, 2.05) is 0 Å². The summed E-state index contributed by atoms with van der Waals surface area (Å²) in [5.74, 6) is -0.876. The molecule has 6 rings (SSSR count). The van der Waals surface area contributed by atoms with Crippen LogP contribution in [0.5, 0.6) is 5.75 Å². The zero-order valence-electron chi connectivity index (χ0n) is 29.3. The summed E-state index contributed by atoms with van der Waals surface area (Å²) in [6.07, 6.45) is 0. The number of aromatic hydroxyl groups is 1. The Kier molecular flexibility index (Phi) is 10.9. The fourth-order valence-corrected chi connectivity index (χ4v) is 7.25. The molecular formula is C34H33Cl2N9O8S2. The van der Waals surface area contributed by atoms with E-state index in [9.17, 15) is 26.7 Å². The minimum atomic E-state index is -4.00. The number of hydrogen-bond acceptors (Lipinski definition) is 14. The molecule has 2 aromatic heterocycles. The van der Waals surface area contributed by atoms with Crippen LogP contribution in [0.1, 0.15) is 22.5 Å². The Balaban J connectivity index is 1.24. The number of nitrogens with zero attached hydrogens (tertiary/aromatic N) is 2. The summed E-state index contributed by atoms with van der Waals surface area (Å²) in [4.78, 5) is 11.0. The van der Waals surface area contributed by atoms with Crippen LogP contribution in [-0.2, 0) is 24.8 Å². The number of nitrogens with one attached hydrogen (secondary N) is 7. The normalized spacial score (nSPS) is 11.7. The topological polar surface area (TPSA) is 242 Å². The maximum Gasteiger partial charge on any atom is 0.264 e. The Morgan fingerprint density at radius 3 is 1.58 bits per heavy atom. The van der Waals surface area contributed by atoms with Gasteiger partial charge in [-0.1, -0.05) is 45.6 Å². The van der Waals surface area contributed by atoms with Crippen LogP contribution in [0, 0.1) is 27.7 Å². The van der Waals surface area contributed by atoms with Crippen molar-refractivity contribution in [3.05, 3.63) is 95.3 Å². The van der Waals surface area contributed by atoms with Crippen LogP contribution >= 0.6 is 23.2 Å². The zero-order chi connectivity index (χ0) is 39.7. The Hall–Kier alpha value is -5.89. The summed E-state index contributed by atoms with van der Waals surface area (Å²) in [6.45, 7) is 6.75. The number of rotatable bonds is 14. The fourth-order valence-electron chi connectivity index (χ4n) is 5.05. The minimum absolute atomic E-state index is 0.0171. The minimum Gasteiger partial charge on any atom is -0.505 e. The number of hydrogen-bond donors (Lipinski definition) is 8. The van der Waals surface area contributed by atoms with Gasteiger partial charge in [-0.25, -0.2) is 26.3 Å². The number of anilines is 7. The molecule has 0 aliphatic carbocycles. The van der Waals surface area contributed by atoms with Gasteiger partial charge in [0.2, 0.25) is 11.8 Å². The molecular weight excluding hydrogens is 797 g/mol.